The van der Waals surface area contributed by atoms with Gasteiger partial charge in [0.25, 0.3) is 0 Å². The number of amides is 1. The van der Waals surface area contributed by atoms with E-state index in [1.165, 1.54) is 5.75 Å². The van der Waals surface area contributed by atoms with Crippen LogP contribution in [0.15, 0.2) is 0 Å². The third-order valence-corrected chi connectivity index (χ3v) is 3.99. The van der Waals surface area contributed by atoms with Crippen LogP contribution in [0, 0.1) is 5.92 Å². The van der Waals surface area contributed by atoms with Crippen LogP contribution in [0.25, 0.3) is 0 Å². The van der Waals surface area contributed by atoms with Gasteiger partial charge >= 0.3 is 0 Å². The van der Waals surface area contributed by atoms with Crippen LogP contribution >= 0.6 is 11.8 Å². The zero-order valence-electron chi connectivity index (χ0n) is 9.90. The highest BCUT2D eigenvalue weighted by atomic mass is 32.2. The van der Waals surface area contributed by atoms with Crippen molar-refractivity contribution in [2.45, 2.75) is 38.8 Å². The van der Waals surface area contributed by atoms with Crippen molar-refractivity contribution in [3.05, 3.63) is 0 Å². The molecule has 1 saturated heterocycles. The van der Waals surface area contributed by atoms with Crippen LogP contribution in [0.3, 0.4) is 0 Å². The Kier molecular flexibility index (Phi) is 4.93. The molecule has 1 rings (SSSR count). The minimum absolute atomic E-state index is 0.108. The molecule has 0 bridgehead atoms. The molecule has 0 spiro atoms. The van der Waals surface area contributed by atoms with E-state index in [2.05, 4.69) is 13.8 Å². The highest BCUT2D eigenvalue weighted by Gasteiger charge is 2.27. The van der Waals surface area contributed by atoms with E-state index in [1.807, 2.05) is 23.7 Å². The zero-order chi connectivity index (χ0) is 11.4. The summed E-state index contributed by atoms with van der Waals surface area (Å²) in [5.74, 6) is 2.82. The van der Waals surface area contributed by atoms with E-state index in [0.717, 1.165) is 18.6 Å². The second-order valence-electron chi connectivity index (χ2n) is 4.70. The molecule has 1 amide bonds. The van der Waals surface area contributed by atoms with Crippen LogP contribution in [-0.2, 0) is 4.79 Å². The molecule has 0 saturated carbocycles. The summed E-state index contributed by atoms with van der Waals surface area (Å²) in [6.07, 6.45) is 1.89. The number of hydrogen-bond donors (Lipinski definition) is 1. The predicted molar refractivity (Wildman–Crippen MR) is 65.9 cm³/mol. The molecule has 3 nitrogen and oxygen atoms in total. The van der Waals surface area contributed by atoms with Gasteiger partial charge in [-0.05, 0) is 24.5 Å². The number of likely N-dealkylation sites (N-methyl/N-ethyl adjacent to an activating group) is 1. The molecular weight excluding hydrogens is 208 g/mol. The zero-order valence-corrected chi connectivity index (χ0v) is 10.7. The van der Waals surface area contributed by atoms with Crippen LogP contribution in [-0.4, -0.2) is 41.4 Å². The molecule has 4 heteroatoms. The molecule has 1 aliphatic rings. The van der Waals surface area contributed by atoms with Crippen molar-refractivity contribution in [3.8, 4) is 0 Å². The Bertz CT molecular complexity index is 215. The first-order valence-corrected chi connectivity index (χ1v) is 6.77. The number of carbonyl (C=O) groups excluding carboxylic acids is 1. The van der Waals surface area contributed by atoms with Crippen molar-refractivity contribution >= 4 is 17.7 Å². The molecule has 1 aliphatic heterocycles. The molecule has 1 fully saturated rings. The van der Waals surface area contributed by atoms with E-state index in [4.69, 9.17) is 5.73 Å². The first kappa shape index (κ1) is 12.8. The first-order valence-electron chi connectivity index (χ1n) is 5.62. The Labute approximate surface area is 96.8 Å². The van der Waals surface area contributed by atoms with Crippen LogP contribution in [0.5, 0.6) is 0 Å². The lowest BCUT2D eigenvalue weighted by molar-refractivity contribution is -0.133. The molecule has 88 valence electrons. The first-order chi connectivity index (χ1) is 7.02. The fourth-order valence-electron chi connectivity index (χ4n) is 1.88. The number of nitrogens with two attached hydrogens (primary N) is 1. The normalized spacial score (nSPS) is 23.1. The smallest absolute Gasteiger partial charge is 0.239 e. The maximum Gasteiger partial charge on any atom is 0.239 e. The molecule has 0 aromatic heterocycles. The van der Waals surface area contributed by atoms with Crippen LogP contribution in [0.4, 0.5) is 0 Å². The Balaban J connectivity index is 2.43. The highest BCUT2D eigenvalue weighted by molar-refractivity contribution is 7.99. The van der Waals surface area contributed by atoms with Crippen LogP contribution < -0.4 is 5.73 Å². The Morgan fingerprint density at radius 2 is 2.27 bits per heavy atom. The molecule has 2 atom stereocenters. The summed E-state index contributed by atoms with van der Waals surface area (Å²) < 4.78 is 0. The van der Waals surface area contributed by atoms with E-state index in [-0.39, 0.29) is 11.9 Å². The third-order valence-electron chi connectivity index (χ3n) is 2.84. The molecule has 0 unspecified atom stereocenters. The number of carbonyl (C=O) groups is 1. The molecule has 0 radical (unpaired) electrons. The number of nitrogens with zero attached hydrogens (tertiary/aromatic N) is 1. The average Bonchev–Trinajstić information content (AvgIpc) is 2.67. The van der Waals surface area contributed by atoms with Crippen molar-refractivity contribution in [1.29, 1.82) is 0 Å². The van der Waals surface area contributed by atoms with Gasteiger partial charge in [0.15, 0.2) is 0 Å². The summed E-state index contributed by atoms with van der Waals surface area (Å²) in [7, 11) is 1.89. The molecule has 0 aliphatic carbocycles. The van der Waals surface area contributed by atoms with Gasteiger partial charge in [-0.25, -0.2) is 0 Å². The second-order valence-corrected chi connectivity index (χ2v) is 5.85. The van der Waals surface area contributed by atoms with Gasteiger partial charge in [0.05, 0.1) is 6.04 Å². The summed E-state index contributed by atoms with van der Waals surface area (Å²) in [6, 6.07) is 0.0845. The van der Waals surface area contributed by atoms with Crippen molar-refractivity contribution in [3.63, 3.8) is 0 Å². The maximum atomic E-state index is 12.0. The number of hydrogen-bond acceptors (Lipinski definition) is 3. The lowest BCUT2D eigenvalue weighted by atomic mass is 10.0. The topological polar surface area (TPSA) is 46.3 Å². The second kappa shape index (κ2) is 5.75. The largest absolute Gasteiger partial charge is 0.341 e. The molecule has 2 N–H and O–H groups in total. The van der Waals surface area contributed by atoms with E-state index < -0.39 is 0 Å². The average molecular weight is 230 g/mol. The molecular formula is C11H22N2OS. The van der Waals surface area contributed by atoms with Crippen molar-refractivity contribution in [2.24, 2.45) is 11.7 Å². The number of rotatable bonds is 4. The van der Waals surface area contributed by atoms with E-state index in [9.17, 15) is 4.79 Å². The highest BCUT2D eigenvalue weighted by Crippen LogP contribution is 2.22. The van der Waals surface area contributed by atoms with E-state index in [0.29, 0.717) is 12.0 Å². The van der Waals surface area contributed by atoms with E-state index >= 15 is 0 Å². The molecule has 0 aromatic carbocycles. The summed E-state index contributed by atoms with van der Waals surface area (Å²) in [5, 5.41) is 0. The lowest BCUT2D eigenvalue weighted by Gasteiger charge is -2.27. The third kappa shape index (κ3) is 3.68. The van der Waals surface area contributed by atoms with Gasteiger partial charge in [-0.1, -0.05) is 13.8 Å². The van der Waals surface area contributed by atoms with Crippen LogP contribution in [0.2, 0.25) is 0 Å². The quantitative estimate of drug-likeness (QED) is 0.792. The summed E-state index contributed by atoms with van der Waals surface area (Å²) in [4.78, 5) is 13.8. The van der Waals surface area contributed by atoms with Crippen LogP contribution in [0.1, 0.15) is 26.7 Å². The fraction of sp³-hybridized carbons (Fsp3) is 0.909. The Hall–Kier alpha value is -0.220. The van der Waals surface area contributed by atoms with E-state index in [1.54, 1.807) is 0 Å². The van der Waals surface area contributed by atoms with Gasteiger partial charge < -0.3 is 10.6 Å². The molecule has 1 heterocycles. The van der Waals surface area contributed by atoms with Gasteiger partial charge in [0.2, 0.25) is 5.91 Å². The minimum Gasteiger partial charge on any atom is -0.341 e. The summed E-state index contributed by atoms with van der Waals surface area (Å²) >= 11 is 1.92. The fourth-order valence-corrected chi connectivity index (χ4v) is 3.15. The van der Waals surface area contributed by atoms with Crippen molar-refractivity contribution in [1.82, 2.24) is 4.90 Å². The SMILES string of the molecule is CC(C)C[C@@H](N)C(=O)N(C)[C@@H]1CCSC1. The number of thioether (sulfide) groups is 1. The Morgan fingerprint density at radius 1 is 1.60 bits per heavy atom. The summed E-state index contributed by atoms with van der Waals surface area (Å²) in [6.45, 7) is 4.19. The van der Waals surface area contributed by atoms with Gasteiger partial charge in [-0.3, -0.25) is 4.79 Å². The minimum atomic E-state index is -0.319. The van der Waals surface area contributed by atoms with Gasteiger partial charge in [-0.2, -0.15) is 11.8 Å². The summed E-state index contributed by atoms with van der Waals surface area (Å²) in [5.41, 5.74) is 5.89. The van der Waals surface area contributed by atoms with Gasteiger partial charge in [0, 0.05) is 18.8 Å². The molecule has 15 heavy (non-hydrogen) atoms. The maximum absolute atomic E-state index is 12.0. The lowest BCUT2D eigenvalue weighted by Crippen LogP contribution is -2.47. The van der Waals surface area contributed by atoms with Crippen molar-refractivity contribution in [2.75, 3.05) is 18.6 Å². The monoisotopic (exact) mass is 230 g/mol. The van der Waals surface area contributed by atoms with Gasteiger partial charge in [0.1, 0.15) is 0 Å². The molecule has 0 aromatic rings. The Morgan fingerprint density at radius 3 is 2.73 bits per heavy atom. The van der Waals surface area contributed by atoms with Gasteiger partial charge in [-0.15, -0.1) is 0 Å². The predicted octanol–water partition coefficient (Wildman–Crippen LogP) is 1.32. The van der Waals surface area contributed by atoms with Crippen molar-refractivity contribution < 1.29 is 4.79 Å². The standard InChI is InChI=1S/C11H22N2OS/c1-8(2)6-10(12)11(14)13(3)9-4-5-15-7-9/h8-10H,4-7,12H2,1-3H3/t9-,10-/m1/s1.